The Labute approximate surface area is 105 Å². The molecule has 1 saturated heterocycles. The van der Waals surface area contributed by atoms with Crippen molar-refractivity contribution in [2.45, 2.75) is 12.2 Å². The van der Waals surface area contributed by atoms with Crippen molar-refractivity contribution in [1.82, 2.24) is 4.90 Å². The Hall–Kier alpha value is -0.910. The van der Waals surface area contributed by atoms with E-state index in [4.69, 9.17) is 5.11 Å². The van der Waals surface area contributed by atoms with Crippen molar-refractivity contribution in [1.29, 1.82) is 0 Å². The number of nitrogens with zero attached hydrogens (tertiary/aromatic N) is 1. The molecule has 18 heavy (non-hydrogen) atoms. The first-order valence-corrected chi connectivity index (χ1v) is 8.35. The standard InChI is InChI=1S/C7H13NO8S2/c1-17(11,12)15-5-3-8(7(9)10)4-6(5)16-18(2,13)14/h5-6H,3-4H2,1-2H3,(H,9,10)/t5-,6+. The van der Waals surface area contributed by atoms with Crippen LogP contribution < -0.4 is 0 Å². The van der Waals surface area contributed by atoms with Gasteiger partial charge >= 0.3 is 6.09 Å². The SMILES string of the molecule is CS(=O)(=O)O[C@H]1CN(C(=O)O)C[C@H]1OS(C)(=O)=O. The number of amides is 1. The highest BCUT2D eigenvalue weighted by molar-refractivity contribution is 7.86. The summed E-state index contributed by atoms with van der Waals surface area (Å²) in [6.07, 6.45) is -2.09. The number of hydrogen-bond acceptors (Lipinski definition) is 7. The lowest BCUT2D eigenvalue weighted by Crippen LogP contribution is -2.33. The summed E-state index contributed by atoms with van der Waals surface area (Å²) in [7, 11) is -7.68. The van der Waals surface area contributed by atoms with Gasteiger partial charge in [0.25, 0.3) is 20.2 Å². The molecule has 0 aromatic carbocycles. The van der Waals surface area contributed by atoms with E-state index in [1.165, 1.54) is 0 Å². The van der Waals surface area contributed by atoms with E-state index in [1.54, 1.807) is 0 Å². The highest BCUT2D eigenvalue weighted by Crippen LogP contribution is 2.20. The summed E-state index contributed by atoms with van der Waals surface area (Å²) in [4.78, 5) is 11.6. The van der Waals surface area contributed by atoms with Crippen LogP contribution in [-0.4, -0.2) is 70.7 Å². The van der Waals surface area contributed by atoms with Crippen LogP contribution in [0.1, 0.15) is 0 Å². The number of rotatable bonds is 4. The van der Waals surface area contributed by atoms with Crippen molar-refractivity contribution in [3.63, 3.8) is 0 Å². The largest absolute Gasteiger partial charge is 0.465 e. The van der Waals surface area contributed by atoms with Gasteiger partial charge in [-0.3, -0.25) is 8.37 Å². The van der Waals surface area contributed by atoms with Gasteiger partial charge in [-0.05, 0) is 0 Å². The van der Waals surface area contributed by atoms with Crippen LogP contribution in [0.15, 0.2) is 0 Å². The minimum Gasteiger partial charge on any atom is -0.465 e. The van der Waals surface area contributed by atoms with Crippen LogP contribution >= 0.6 is 0 Å². The van der Waals surface area contributed by atoms with Gasteiger partial charge in [0, 0.05) is 0 Å². The Balaban J connectivity index is 2.86. The maximum absolute atomic E-state index is 11.0. The zero-order valence-electron chi connectivity index (χ0n) is 9.64. The van der Waals surface area contributed by atoms with Crippen molar-refractivity contribution in [3.8, 4) is 0 Å². The van der Waals surface area contributed by atoms with Crippen molar-refractivity contribution in [2.75, 3.05) is 25.6 Å². The second kappa shape index (κ2) is 4.99. The fourth-order valence-corrected chi connectivity index (χ4v) is 2.80. The predicted octanol–water partition coefficient (Wildman–Crippen LogP) is -1.33. The topological polar surface area (TPSA) is 127 Å². The average Bonchev–Trinajstić information content (AvgIpc) is 2.42. The summed E-state index contributed by atoms with van der Waals surface area (Å²) < 4.78 is 53.2. The molecule has 0 radical (unpaired) electrons. The van der Waals surface area contributed by atoms with Gasteiger partial charge in [-0.1, -0.05) is 0 Å². The first-order chi connectivity index (χ1) is 7.98. The van der Waals surface area contributed by atoms with Gasteiger partial charge in [0.15, 0.2) is 0 Å². The molecule has 0 aromatic heterocycles. The molecule has 0 bridgehead atoms. The van der Waals surface area contributed by atoms with E-state index in [0.717, 1.165) is 17.4 Å². The molecule has 106 valence electrons. The van der Waals surface area contributed by atoms with E-state index >= 15 is 0 Å². The van der Waals surface area contributed by atoms with Crippen LogP contribution in [0.5, 0.6) is 0 Å². The molecule has 0 spiro atoms. The van der Waals surface area contributed by atoms with Crippen LogP contribution in [0.4, 0.5) is 4.79 Å². The molecule has 9 nitrogen and oxygen atoms in total. The number of carbonyl (C=O) groups is 1. The van der Waals surface area contributed by atoms with Crippen molar-refractivity contribution < 1.29 is 35.1 Å². The molecule has 11 heteroatoms. The Morgan fingerprint density at radius 1 is 1.06 bits per heavy atom. The first kappa shape index (κ1) is 15.1. The molecule has 1 aliphatic heterocycles. The minimum absolute atomic E-state index is 0.275. The lowest BCUT2D eigenvalue weighted by Gasteiger charge is -2.15. The zero-order valence-corrected chi connectivity index (χ0v) is 11.3. The van der Waals surface area contributed by atoms with Crippen molar-refractivity contribution >= 4 is 26.3 Å². The quantitative estimate of drug-likeness (QED) is 0.633. The predicted molar refractivity (Wildman–Crippen MR) is 59.0 cm³/mol. The smallest absolute Gasteiger partial charge is 0.407 e. The van der Waals surface area contributed by atoms with Crippen LogP contribution in [0.2, 0.25) is 0 Å². The molecule has 1 rings (SSSR count). The van der Waals surface area contributed by atoms with Crippen LogP contribution in [0.3, 0.4) is 0 Å². The number of carboxylic acid groups (broad SMARTS) is 1. The van der Waals surface area contributed by atoms with Gasteiger partial charge < -0.3 is 10.0 Å². The number of hydrogen-bond donors (Lipinski definition) is 1. The molecule has 1 aliphatic rings. The first-order valence-electron chi connectivity index (χ1n) is 4.72. The van der Waals surface area contributed by atoms with E-state index < -0.39 is 38.5 Å². The maximum atomic E-state index is 11.0. The highest BCUT2D eigenvalue weighted by Gasteiger charge is 2.40. The lowest BCUT2D eigenvalue weighted by molar-refractivity contribution is 0.102. The molecular weight excluding hydrogens is 290 g/mol. The molecule has 0 saturated carbocycles. The summed E-state index contributed by atoms with van der Waals surface area (Å²) in [6, 6.07) is 0. The summed E-state index contributed by atoms with van der Waals surface area (Å²) in [5.41, 5.74) is 0. The Bertz CT molecular complexity index is 482. The van der Waals surface area contributed by atoms with Crippen LogP contribution in [-0.2, 0) is 28.6 Å². The lowest BCUT2D eigenvalue weighted by atomic mass is 10.3. The molecule has 2 atom stereocenters. The van der Waals surface area contributed by atoms with Crippen molar-refractivity contribution in [2.24, 2.45) is 0 Å². The van der Waals surface area contributed by atoms with Gasteiger partial charge in [-0.25, -0.2) is 4.79 Å². The molecule has 0 aromatic rings. The maximum Gasteiger partial charge on any atom is 0.407 e. The van der Waals surface area contributed by atoms with E-state index in [9.17, 15) is 21.6 Å². The molecule has 1 N–H and O–H groups in total. The third-order valence-corrected chi connectivity index (χ3v) is 3.28. The van der Waals surface area contributed by atoms with E-state index in [-0.39, 0.29) is 13.1 Å². The van der Waals surface area contributed by atoms with Gasteiger partial charge in [-0.15, -0.1) is 0 Å². The molecule has 1 amide bonds. The molecule has 0 aliphatic carbocycles. The van der Waals surface area contributed by atoms with Gasteiger partial charge in [0.2, 0.25) is 0 Å². The zero-order chi connectivity index (χ0) is 14.1. The van der Waals surface area contributed by atoms with E-state index in [0.29, 0.717) is 0 Å². The van der Waals surface area contributed by atoms with Gasteiger partial charge in [-0.2, -0.15) is 16.8 Å². The summed E-state index contributed by atoms with van der Waals surface area (Å²) in [5.74, 6) is 0. The van der Waals surface area contributed by atoms with E-state index in [1.807, 2.05) is 0 Å². The molecule has 0 unspecified atom stereocenters. The highest BCUT2D eigenvalue weighted by atomic mass is 32.2. The van der Waals surface area contributed by atoms with Gasteiger partial charge in [0.05, 0.1) is 25.6 Å². The Morgan fingerprint density at radius 3 is 1.61 bits per heavy atom. The Morgan fingerprint density at radius 2 is 1.39 bits per heavy atom. The molecule has 1 fully saturated rings. The second-order valence-corrected chi connectivity index (χ2v) is 7.07. The minimum atomic E-state index is -3.84. The summed E-state index contributed by atoms with van der Waals surface area (Å²) >= 11 is 0. The monoisotopic (exact) mass is 303 g/mol. The van der Waals surface area contributed by atoms with E-state index in [2.05, 4.69) is 8.37 Å². The summed E-state index contributed by atoms with van der Waals surface area (Å²) in [5, 5.41) is 8.76. The fourth-order valence-electron chi connectivity index (χ4n) is 1.53. The second-order valence-electron chi connectivity index (χ2n) is 3.87. The third-order valence-electron chi connectivity index (χ3n) is 2.08. The van der Waals surface area contributed by atoms with Crippen LogP contribution in [0.25, 0.3) is 0 Å². The van der Waals surface area contributed by atoms with Gasteiger partial charge in [0.1, 0.15) is 12.2 Å². The fraction of sp³-hybridized carbons (Fsp3) is 0.857. The normalized spacial score (nSPS) is 25.3. The van der Waals surface area contributed by atoms with Crippen molar-refractivity contribution in [3.05, 3.63) is 0 Å². The molecule has 1 heterocycles. The third kappa shape index (κ3) is 4.76. The summed E-state index contributed by atoms with van der Waals surface area (Å²) in [6.45, 7) is -0.550. The number of likely N-dealkylation sites (tertiary alicyclic amines) is 1. The Kier molecular flexibility index (Phi) is 4.20. The molecular formula is C7H13NO8S2. The average molecular weight is 303 g/mol. The van der Waals surface area contributed by atoms with Crippen LogP contribution in [0, 0.1) is 0 Å².